The van der Waals surface area contributed by atoms with Gasteiger partial charge in [0, 0.05) is 19.1 Å². The van der Waals surface area contributed by atoms with E-state index in [-0.39, 0.29) is 0 Å². The Bertz CT molecular complexity index is 250. The molecule has 1 saturated heterocycles. The zero-order valence-corrected chi connectivity index (χ0v) is 11.5. The fourth-order valence-electron chi connectivity index (χ4n) is 3.12. The molecule has 2 nitrogen and oxygen atoms in total. The highest BCUT2D eigenvalue weighted by Gasteiger charge is 2.36. The number of nitrogens with one attached hydrogen (secondary N) is 1. The second-order valence-corrected chi connectivity index (χ2v) is 6.48. The molecule has 1 aliphatic heterocycles. The lowest BCUT2D eigenvalue weighted by Crippen LogP contribution is -2.45. The highest BCUT2D eigenvalue weighted by Crippen LogP contribution is 2.36. The van der Waals surface area contributed by atoms with E-state index in [1.165, 1.54) is 45.3 Å². The normalized spacial score (nSPS) is 26.2. The van der Waals surface area contributed by atoms with Gasteiger partial charge in [-0.3, -0.25) is 4.90 Å². The predicted molar refractivity (Wildman–Crippen MR) is 74.2 cm³/mol. The summed E-state index contributed by atoms with van der Waals surface area (Å²) in [7, 11) is 0. The summed E-state index contributed by atoms with van der Waals surface area (Å²) in [5, 5.41) is 3.55. The summed E-state index contributed by atoms with van der Waals surface area (Å²) in [6, 6.07) is 0.851. The van der Waals surface area contributed by atoms with E-state index < -0.39 is 0 Å². The molecule has 0 aromatic heterocycles. The minimum absolute atomic E-state index is 0.430. The second kappa shape index (κ2) is 5.53. The molecule has 0 radical (unpaired) electrons. The first-order chi connectivity index (χ1) is 8.13. The van der Waals surface area contributed by atoms with E-state index in [1.54, 1.807) is 0 Å². The third-order valence-electron chi connectivity index (χ3n) is 4.44. The molecule has 1 atom stereocenters. The average molecular weight is 236 g/mol. The van der Waals surface area contributed by atoms with Gasteiger partial charge < -0.3 is 5.32 Å². The molecular weight excluding hydrogens is 208 g/mol. The fourth-order valence-corrected chi connectivity index (χ4v) is 3.12. The first-order valence-electron chi connectivity index (χ1n) is 7.19. The Morgan fingerprint density at radius 3 is 2.65 bits per heavy atom. The predicted octanol–water partition coefficient (Wildman–Crippen LogP) is 2.66. The Balaban J connectivity index is 1.90. The van der Waals surface area contributed by atoms with Crippen molar-refractivity contribution in [3.8, 4) is 0 Å². The van der Waals surface area contributed by atoms with Crippen LogP contribution in [0.1, 0.15) is 39.5 Å². The lowest BCUT2D eigenvalue weighted by Gasteiger charge is -2.40. The fraction of sp³-hybridized carbons (Fsp3) is 0.867. The summed E-state index contributed by atoms with van der Waals surface area (Å²) in [6.07, 6.45) is 7.60. The van der Waals surface area contributed by atoms with Gasteiger partial charge in [-0.15, -0.1) is 6.58 Å². The van der Waals surface area contributed by atoms with Gasteiger partial charge in [-0.2, -0.15) is 0 Å². The molecule has 0 bridgehead atoms. The van der Waals surface area contributed by atoms with E-state index in [0.29, 0.717) is 5.41 Å². The van der Waals surface area contributed by atoms with Crippen LogP contribution in [0.4, 0.5) is 0 Å². The van der Waals surface area contributed by atoms with Crippen molar-refractivity contribution in [2.45, 2.75) is 45.6 Å². The van der Waals surface area contributed by atoms with E-state index in [9.17, 15) is 0 Å². The van der Waals surface area contributed by atoms with Gasteiger partial charge >= 0.3 is 0 Å². The molecule has 0 aromatic rings. The largest absolute Gasteiger partial charge is 0.316 e. The summed E-state index contributed by atoms with van der Waals surface area (Å²) in [5.41, 5.74) is 0.430. The zero-order valence-electron chi connectivity index (χ0n) is 11.5. The van der Waals surface area contributed by atoms with Gasteiger partial charge in [0.2, 0.25) is 0 Å². The molecule has 2 heteroatoms. The standard InChI is InChI=1S/C15H28N2/c1-4-10-17(14-7-8-14)12-15(2,3)13-6-5-9-16-11-13/h4,13-14,16H,1,5-12H2,2-3H3. The monoisotopic (exact) mass is 236 g/mol. The molecule has 1 unspecified atom stereocenters. The Morgan fingerprint density at radius 2 is 2.12 bits per heavy atom. The molecule has 1 aliphatic carbocycles. The van der Waals surface area contributed by atoms with Gasteiger partial charge in [-0.25, -0.2) is 0 Å². The minimum Gasteiger partial charge on any atom is -0.316 e. The smallest absolute Gasteiger partial charge is 0.0163 e. The molecule has 2 rings (SSSR count). The quantitative estimate of drug-likeness (QED) is 0.713. The van der Waals surface area contributed by atoms with Crippen LogP contribution in [0.25, 0.3) is 0 Å². The molecule has 0 spiro atoms. The zero-order chi connectivity index (χ0) is 12.3. The van der Waals surface area contributed by atoms with Crippen LogP contribution in [0, 0.1) is 11.3 Å². The van der Waals surface area contributed by atoms with Crippen LogP contribution in [0.2, 0.25) is 0 Å². The van der Waals surface area contributed by atoms with Gasteiger partial charge in [-0.1, -0.05) is 19.9 Å². The van der Waals surface area contributed by atoms with Crippen LogP contribution in [0.5, 0.6) is 0 Å². The molecule has 2 fully saturated rings. The second-order valence-electron chi connectivity index (χ2n) is 6.48. The molecule has 1 N–H and O–H groups in total. The summed E-state index contributed by atoms with van der Waals surface area (Å²) < 4.78 is 0. The first kappa shape index (κ1) is 13.1. The van der Waals surface area contributed by atoms with Crippen LogP contribution in [-0.2, 0) is 0 Å². The van der Waals surface area contributed by atoms with Gasteiger partial charge in [0.05, 0.1) is 0 Å². The summed E-state index contributed by atoms with van der Waals surface area (Å²) in [5.74, 6) is 0.835. The highest BCUT2D eigenvalue weighted by atomic mass is 15.2. The van der Waals surface area contributed by atoms with Gasteiger partial charge in [-0.05, 0) is 50.1 Å². The van der Waals surface area contributed by atoms with Crippen LogP contribution >= 0.6 is 0 Å². The van der Waals surface area contributed by atoms with Crippen molar-refractivity contribution in [2.75, 3.05) is 26.2 Å². The average Bonchev–Trinajstić information content (AvgIpc) is 3.13. The van der Waals surface area contributed by atoms with Crippen molar-refractivity contribution in [3.63, 3.8) is 0 Å². The maximum atomic E-state index is 3.90. The van der Waals surface area contributed by atoms with Crippen LogP contribution in [0.15, 0.2) is 12.7 Å². The Hall–Kier alpha value is -0.340. The number of nitrogens with zero attached hydrogens (tertiary/aromatic N) is 1. The Morgan fingerprint density at radius 1 is 1.35 bits per heavy atom. The molecule has 1 saturated carbocycles. The van der Waals surface area contributed by atoms with Gasteiger partial charge in [0.1, 0.15) is 0 Å². The van der Waals surface area contributed by atoms with E-state index in [4.69, 9.17) is 0 Å². The first-order valence-corrected chi connectivity index (χ1v) is 7.19. The number of hydrogen-bond donors (Lipinski definition) is 1. The molecular formula is C15H28N2. The SMILES string of the molecule is C=CCN(CC(C)(C)C1CCCNC1)C1CC1. The lowest BCUT2D eigenvalue weighted by atomic mass is 9.74. The summed E-state index contributed by atoms with van der Waals surface area (Å²) in [4.78, 5) is 2.64. The van der Waals surface area contributed by atoms with Crippen molar-refractivity contribution in [3.05, 3.63) is 12.7 Å². The lowest BCUT2D eigenvalue weighted by molar-refractivity contribution is 0.103. The maximum Gasteiger partial charge on any atom is 0.0163 e. The summed E-state index contributed by atoms with van der Waals surface area (Å²) >= 11 is 0. The number of piperidine rings is 1. The van der Waals surface area contributed by atoms with Crippen molar-refractivity contribution in [1.29, 1.82) is 0 Å². The molecule has 98 valence electrons. The molecule has 17 heavy (non-hydrogen) atoms. The molecule has 0 amide bonds. The molecule has 2 aliphatic rings. The number of rotatable bonds is 6. The minimum atomic E-state index is 0.430. The van der Waals surface area contributed by atoms with Crippen LogP contribution in [-0.4, -0.2) is 37.1 Å². The third-order valence-corrected chi connectivity index (χ3v) is 4.44. The highest BCUT2D eigenvalue weighted by molar-refractivity contribution is 4.93. The van der Waals surface area contributed by atoms with Crippen LogP contribution in [0.3, 0.4) is 0 Å². The van der Waals surface area contributed by atoms with Crippen molar-refractivity contribution in [2.24, 2.45) is 11.3 Å². The van der Waals surface area contributed by atoms with E-state index in [0.717, 1.165) is 18.5 Å². The Kier molecular flexibility index (Phi) is 4.26. The molecule has 0 aromatic carbocycles. The molecule has 1 heterocycles. The van der Waals surface area contributed by atoms with Crippen molar-refractivity contribution >= 4 is 0 Å². The summed E-state index contributed by atoms with van der Waals surface area (Å²) in [6.45, 7) is 13.5. The maximum absolute atomic E-state index is 3.90. The van der Waals surface area contributed by atoms with E-state index in [2.05, 4.69) is 36.7 Å². The van der Waals surface area contributed by atoms with Crippen LogP contribution < -0.4 is 5.32 Å². The van der Waals surface area contributed by atoms with Gasteiger partial charge in [0.25, 0.3) is 0 Å². The van der Waals surface area contributed by atoms with Crippen molar-refractivity contribution < 1.29 is 0 Å². The van der Waals surface area contributed by atoms with E-state index >= 15 is 0 Å². The third kappa shape index (κ3) is 3.56. The number of hydrogen-bond acceptors (Lipinski definition) is 2. The Labute approximate surface area is 106 Å². The van der Waals surface area contributed by atoms with Crippen molar-refractivity contribution in [1.82, 2.24) is 10.2 Å². The van der Waals surface area contributed by atoms with Gasteiger partial charge in [0.15, 0.2) is 0 Å². The van der Waals surface area contributed by atoms with E-state index in [1.807, 2.05) is 0 Å². The topological polar surface area (TPSA) is 15.3 Å².